The fourth-order valence-corrected chi connectivity index (χ4v) is 6.10. The Bertz CT molecular complexity index is 1090. The lowest BCUT2D eigenvalue weighted by molar-refractivity contribution is -0.123. The zero-order chi connectivity index (χ0) is 26.7. The molecule has 1 amide bonds. The first-order valence-electron chi connectivity index (χ1n) is 14.4. The summed E-state index contributed by atoms with van der Waals surface area (Å²) in [7, 11) is 0. The first kappa shape index (κ1) is 27.9. The Morgan fingerprint density at radius 2 is 1.82 bits per heavy atom. The van der Waals surface area contributed by atoms with Crippen LogP contribution in [0.1, 0.15) is 82.7 Å². The van der Waals surface area contributed by atoms with Gasteiger partial charge < -0.3 is 10.7 Å². The van der Waals surface area contributed by atoms with Crippen LogP contribution in [0.2, 0.25) is 0 Å². The van der Waals surface area contributed by atoms with Crippen LogP contribution in [0.3, 0.4) is 0 Å². The smallest absolute Gasteiger partial charge is 0.220 e. The second kappa shape index (κ2) is 14.2. The summed E-state index contributed by atoms with van der Waals surface area (Å²) in [6.07, 6.45) is 16.1. The van der Waals surface area contributed by atoms with Crippen LogP contribution in [0.25, 0.3) is 0 Å². The Morgan fingerprint density at radius 1 is 1.08 bits per heavy atom. The normalized spacial score (nSPS) is 25.5. The van der Waals surface area contributed by atoms with E-state index < -0.39 is 0 Å². The molecular weight excluding hydrogens is 473 g/mol. The van der Waals surface area contributed by atoms with Crippen LogP contribution in [0.4, 0.5) is 10.1 Å². The van der Waals surface area contributed by atoms with Gasteiger partial charge in [-0.2, -0.15) is 0 Å². The molecule has 0 aliphatic heterocycles. The van der Waals surface area contributed by atoms with E-state index in [9.17, 15) is 9.18 Å². The molecule has 1 fully saturated rings. The average Bonchev–Trinajstić information content (AvgIpc) is 3.00. The average molecular weight is 516 g/mol. The Balaban J connectivity index is 1.48. The fourth-order valence-electron chi connectivity index (χ4n) is 6.10. The molecule has 2 aromatic rings. The molecule has 2 aromatic carbocycles. The number of amides is 1. The van der Waals surface area contributed by atoms with Gasteiger partial charge in [-0.3, -0.25) is 9.79 Å². The second-order valence-corrected chi connectivity index (χ2v) is 11.2. The molecule has 5 heteroatoms. The van der Waals surface area contributed by atoms with Gasteiger partial charge in [0.1, 0.15) is 5.82 Å². The number of carbonyl (C=O) groups excluding carboxylic acids is 1. The van der Waals surface area contributed by atoms with Gasteiger partial charge in [0.05, 0.1) is 11.7 Å². The van der Waals surface area contributed by atoms with Crippen molar-refractivity contribution in [2.45, 2.75) is 77.2 Å². The fraction of sp³-hybridized carbons (Fsp3) is 0.485. The first-order chi connectivity index (χ1) is 18.5. The predicted molar refractivity (Wildman–Crippen MR) is 155 cm³/mol. The summed E-state index contributed by atoms with van der Waals surface area (Å²) >= 11 is 0. The third kappa shape index (κ3) is 8.21. The van der Waals surface area contributed by atoms with Crippen LogP contribution in [0.15, 0.2) is 71.7 Å². The lowest BCUT2D eigenvalue weighted by atomic mass is 9.78. The van der Waals surface area contributed by atoms with Gasteiger partial charge in [-0.05, 0) is 92.2 Å². The van der Waals surface area contributed by atoms with Gasteiger partial charge in [-0.1, -0.05) is 62.6 Å². The van der Waals surface area contributed by atoms with E-state index in [4.69, 9.17) is 10.4 Å². The van der Waals surface area contributed by atoms with Crippen molar-refractivity contribution in [3.05, 3.63) is 78.1 Å². The third-order valence-electron chi connectivity index (χ3n) is 8.36. The molecule has 4 atom stereocenters. The molecule has 0 saturated heterocycles. The maximum Gasteiger partial charge on any atom is 0.220 e. The number of nitrogens with zero attached hydrogens (tertiary/aromatic N) is 1. The highest BCUT2D eigenvalue weighted by Gasteiger charge is 2.28. The van der Waals surface area contributed by atoms with E-state index in [1.165, 1.54) is 50.5 Å². The molecule has 4 nitrogen and oxygen atoms in total. The zero-order valence-corrected chi connectivity index (χ0v) is 22.6. The summed E-state index contributed by atoms with van der Waals surface area (Å²) in [4.78, 5) is 17.9. The van der Waals surface area contributed by atoms with Gasteiger partial charge in [-0.25, -0.2) is 4.39 Å². The van der Waals surface area contributed by atoms with Crippen LogP contribution in [-0.4, -0.2) is 17.8 Å². The summed E-state index contributed by atoms with van der Waals surface area (Å²) in [6, 6.07) is 16.5. The minimum Gasteiger partial charge on any atom is -0.349 e. The minimum atomic E-state index is -0.280. The molecule has 0 heterocycles. The van der Waals surface area contributed by atoms with Crippen molar-refractivity contribution in [1.29, 1.82) is 5.41 Å². The van der Waals surface area contributed by atoms with Crippen molar-refractivity contribution in [3.8, 4) is 0 Å². The summed E-state index contributed by atoms with van der Waals surface area (Å²) in [5.74, 6) is 1.04. The lowest BCUT2D eigenvalue weighted by Crippen LogP contribution is -2.33. The van der Waals surface area contributed by atoms with Crippen LogP contribution >= 0.6 is 0 Å². The van der Waals surface area contributed by atoms with Gasteiger partial charge >= 0.3 is 0 Å². The number of carbonyl (C=O) groups is 1. The molecule has 2 aliphatic carbocycles. The maximum atomic E-state index is 13.4. The number of hydrogen-bond acceptors (Lipinski definition) is 3. The lowest BCUT2D eigenvalue weighted by Gasteiger charge is -2.30. The summed E-state index contributed by atoms with van der Waals surface area (Å²) in [6.45, 7) is 2.27. The van der Waals surface area contributed by atoms with Crippen molar-refractivity contribution in [2.75, 3.05) is 0 Å². The molecule has 4 rings (SSSR count). The van der Waals surface area contributed by atoms with Gasteiger partial charge in [0.25, 0.3) is 0 Å². The standard InChI is InChI=1S/C33H42FN3O/c1-24-20-28(23-35)31(36-30-18-16-29(34)17-19-30)15-9-8-14-27(24)22-32(26-12-6-3-7-13-26)37-33(38)21-25-10-4-2-5-11-25/h3,6-7,9,12-13,15-19,23-25,27-28,32,35H,2,4-5,8,10-11,14,20-22H2,1H3,(H,37,38)/b15-9+,35-23?,36-31?. The van der Waals surface area contributed by atoms with Crippen molar-refractivity contribution in [2.24, 2.45) is 28.7 Å². The summed E-state index contributed by atoms with van der Waals surface area (Å²) < 4.78 is 13.4. The first-order valence-corrected chi connectivity index (χ1v) is 14.4. The van der Waals surface area contributed by atoms with Crippen molar-refractivity contribution in [3.63, 3.8) is 0 Å². The quantitative estimate of drug-likeness (QED) is 0.341. The summed E-state index contributed by atoms with van der Waals surface area (Å²) in [5, 5.41) is 11.6. The van der Waals surface area contributed by atoms with E-state index in [1.54, 1.807) is 12.1 Å². The van der Waals surface area contributed by atoms with Gasteiger partial charge in [0.15, 0.2) is 0 Å². The SMILES string of the molecule is CC1CC(C=N)C(=Nc2ccc(F)cc2)/C=C/CCC1CC(NC(=O)CC1CCCCC1)c1ccccc1. The zero-order valence-electron chi connectivity index (χ0n) is 22.6. The van der Waals surface area contributed by atoms with Crippen LogP contribution < -0.4 is 5.32 Å². The highest BCUT2D eigenvalue weighted by atomic mass is 19.1. The number of nitrogens with one attached hydrogen (secondary N) is 2. The minimum absolute atomic E-state index is 0.0183. The predicted octanol–water partition coefficient (Wildman–Crippen LogP) is 8.37. The molecule has 2 N–H and O–H groups in total. The molecule has 38 heavy (non-hydrogen) atoms. The maximum absolute atomic E-state index is 13.4. The van der Waals surface area contributed by atoms with Gasteiger partial charge in [-0.15, -0.1) is 0 Å². The van der Waals surface area contributed by atoms with Crippen LogP contribution in [0.5, 0.6) is 0 Å². The topological polar surface area (TPSA) is 65.3 Å². The third-order valence-corrected chi connectivity index (χ3v) is 8.36. The molecule has 0 spiro atoms. The highest BCUT2D eigenvalue weighted by molar-refractivity contribution is 6.06. The van der Waals surface area contributed by atoms with E-state index in [-0.39, 0.29) is 23.7 Å². The number of rotatable bonds is 8. The van der Waals surface area contributed by atoms with E-state index in [1.807, 2.05) is 24.3 Å². The molecule has 202 valence electrons. The van der Waals surface area contributed by atoms with Gasteiger partial charge in [0, 0.05) is 24.3 Å². The van der Waals surface area contributed by atoms with Crippen molar-refractivity contribution >= 4 is 23.5 Å². The molecular formula is C33H42FN3O. The van der Waals surface area contributed by atoms with E-state index >= 15 is 0 Å². The molecule has 1 saturated carbocycles. The molecule has 0 bridgehead atoms. The largest absolute Gasteiger partial charge is 0.349 e. The Morgan fingerprint density at radius 3 is 2.53 bits per heavy atom. The van der Waals surface area contributed by atoms with E-state index in [0.717, 1.165) is 37.0 Å². The number of aliphatic imine (C=N–C) groups is 1. The Kier molecular flexibility index (Phi) is 10.4. The highest BCUT2D eigenvalue weighted by Crippen LogP contribution is 2.35. The number of benzene rings is 2. The molecule has 0 aromatic heterocycles. The number of halogens is 1. The van der Waals surface area contributed by atoms with Gasteiger partial charge in [0.2, 0.25) is 5.91 Å². The Labute approximate surface area is 227 Å². The second-order valence-electron chi connectivity index (χ2n) is 11.2. The van der Waals surface area contributed by atoms with Crippen LogP contribution in [-0.2, 0) is 4.79 Å². The van der Waals surface area contributed by atoms with E-state index in [0.29, 0.717) is 29.9 Å². The molecule has 2 aliphatic rings. The number of hydrogen-bond donors (Lipinski definition) is 2. The molecule has 0 radical (unpaired) electrons. The number of allylic oxidation sites excluding steroid dienone is 2. The molecule has 4 unspecified atom stereocenters. The van der Waals surface area contributed by atoms with Crippen molar-refractivity contribution < 1.29 is 9.18 Å². The van der Waals surface area contributed by atoms with Crippen LogP contribution in [0, 0.1) is 34.9 Å². The Hall–Kier alpha value is -3.08. The van der Waals surface area contributed by atoms with Crippen molar-refractivity contribution in [1.82, 2.24) is 5.32 Å². The monoisotopic (exact) mass is 515 g/mol. The summed E-state index contributed by atoms with van der Waals surface area (Å²) in [5.41, 5.74) is 2.71. The van der Waals surface area contributed by atoms with E-state index in [2.05, 4.69) is 30.4 Å².